The molecule has 0 aliphatic rings. The zero-order valence-corrected chi connectivity index (χ0v) is 8.00. The molecule has 0 aromatic carbocycles. The lowest BCUT2D eigenvalue weighted by atomic mass is 10.6. The van der Waals surface area contributed by atoms with E-state index in [0.717, 1.165) is 0 Å². The molecule has 0 radical (unpaired) electrons. The van der Waals surface area contributed by atoms with Crippen molar-refractivity contribution in [3.63, 3.8) is 0 Å². The average Bonchev–Trinajstić information content (AvgIpc) is 1.91. The van der Waals surface area contributed by atoms with Crippen LogP contribution in [0.3, 0.4) is 0 Å². The molecule has 0 aliphatic heterocycles. The predicted octanol–water partition coefficient (Wildman–Crippen LogP) is 3.07. The standard InChI is InChI=1S/C6H14S.C2H3N/c1-3-5-7-6-4-2;1-2-3/h3-6H2,1-2H3;1H3. The van der Waals surface area contributed by atoms with Gasteiger partial charge in [-0.1, -0.05) is 13.8 Å². The molecule has 10 heavy (non-hydrogen) atoms. The minimum Gasteiger partial charge on any atom is -0.199 e. The molecular weight excluding hydrogens is 142 g/mol. The van der Waals surface area contributed by atoms with Crippen molar-refractivity contribution in [2.45, 2.75) is 33.6 Å². The lowest BCUT2D eigenvalue weighted by Gasteiger charge is -1.91. The summed E-state index contributed by atoms with van der Waals surface area (Å²) in [4.78, 5) is 0. The third kappa shape index (κ3) is 24.9. The van der Waals surface area contributed by atoms with Gasteiger partial charge < -0.3 is 0 Å². The quantitative estimate of drug-likeness (QED) is 0.589. The van der Waals surface area contributed by atoms with Gasteiger partial charge in [-0.2, -0.15) is 17.0 Å². The van der Waals surface area contributed by atoms with Crippen molar-refractivity contribution in [2.24, 2.45) is 0 Å². The number of hydrogen-bond acceptors (Lipinski definition) is 2. The Kier molecular flexibility index (Phi) is 19.9. The van der Waals surface area contributed by atoms with Gasteiger partial charge in [0.25, 0.3) is 0 Å². The lowest BCUT2D eigenvalue weighted by molar-refractivity contribution is 1.07. The Hall–Kier alpha value is -0.160. The van der Waals surface area contributed by atoms with Crippen molar-refractivity contribution in [1.29, 1.82) is 5.26 Å². The van der Waals surface area contributed by atoms with E-state index in [1.165, 1.54) is 31.3 Å². The van der Waals surface area contributed by atoms with E-state index in [1.807, 2.05) is 0 Å². The number of hydrogen-bond donors (Lipinski definition) is 0. The van der Waals surface area contributed by atoms with Crippen LogP contribution in [0.2, 0.25) is 0 Å². The van der Waals surface area contributed by atoms with Crippen LogP contribution >= 0.6 is 11.8 Å². The first kappa shape index (κ1) is 12.5. The Morgan fingerprint density at radius 2 is 1.50 bits per heavy atom. The highest BCUT2D eigenvalue weighted by atomic mass is 32.2. The van der Waals surface area contributed by atoms with E-state index in [2.05, 4.69) is 25.6 Å². The fourth-order valence-electron chi connectivity index (χ4n) is 0.391. The molecule has 0 rings (SSSR count). The van der Waals surface area contributed by atoms with E-state index >= 15 is 0 Å². The SMILES string of the molecule is CC#N.CCCSCCC. The van der Waals surface area contributed by atoms with Crippen molar-refractivity contribution in [1.82, 2.24) is 0 Å². The van der Waals surface area contributed by atoms with Crippen LogP contribution in [0.25, 0.3) is 0 Å². The number of nitrogens with zero attached hydrogens (tertiary/aromatic N) is 1. The fraction of sp³-hybridized carbons (Fsp3) is 0.875. The molecule has 60 valence electrons. The van der Waals surface area contributed by atoms with Crippen molar-refractivity contribution in [3.8, 4) is 6.07 Å². The zero-order valence-electron chi connectivity index (χ0n) is 7.18. The molecule has 0 amide bonds. The van der Waals surface area contributed by atoms with E-state index in [4.69, 9.17) is 5.26 Å². The Bertz CT molecular complexity index is 71.8. The summed E-state index contributed by atoms with van der Waals surface area (Å²) in [5.41, 5.74) is 0. The van der Waals surface area contributed by atoms with Crippen molar-refractivity contribution in [3.05, 3.63) is 0 Å². The number of nitriles is 1. The van der Waals surface area contributed by atoms with Crippen LogP contribution in [-0.4, -0.2) is 11.5 Å². The van der Waals surface area contributed by atoms with E-state index in [0.29, 0.717) is 0 Å². The monoisotopic (exact) mass is 159 g/mol. The zero-order chi connectivity index (χ0) is 8.24. The minimum atomic E-state index is 1.32. The molecule has 0 heterocycles. The Labute approximate surface area is 68.8 Å². The van der Waals surface area contributed by atoms with E-state index in [1.54, 1.807) is 6.07 Å². The van der Waals surface area contributed by atoms with Crippen LogP contribution < -0.4 is 0 Å². The van der Waals surface area contributed by atoms with Crippen molar-refractivity contribution >= 4 is 11.8 Å². The third-order valence-corrected chi connectivity index (χ3v) is 2.09. The summed E-state index contributed by atoms with van der Waals surface area (Å²) < 4.78 is 0. The summed E-state index contributed by atoms with van der Waals surface area (Å²) in [6.07, 6.45) is 2.65. The molecule has 0 N–H and O–H groups in total. The second-order valence-electron chi connectivity index (χ2n) is 1.84. The second kappa shape index (κ2) is 15.9. The molecule has 2 heteroatoms. The highest BCUT2D eigenvalue weighted by molar-refractivity contribution is 7.99. The Morgan fingerprint density at radius 3 is 1.70 bits per heavy atom. The molecule has 0 bridgehead atoms. The summed E-state index contributed by atoms with van der Waals surface area (Å²) >= 11 is 2.05. The molecule has 0 aromatic rings. The van der Waals surface area contributed by atoms with Crippen LogP contribution in [-0.2, 0) is 0 Å². The maximum absolute atomic E-state index is 7.32. The minimum absolute atomic E-state index is 1.32. The molecule has 0 atom stereocenters. The fourth-order valence-corrected chi connectivity index (χ4v) is 1.17. The van der Waals surface area contributed by atoms with Gasteiger partial charge in [0.15, 0.2) is 0 Å². The average molecular weight is 159 g/mol. The molecule has 0 spiro atoms. The van der Waals surface area contributed by atoms with E-state index in [-0.39, 0.29) is 0 Å². The summed E-state index contributed by atoms with van der Waals surface area (Å²) in [6.45, 7) is 5.88. The number of rotatable bonds is 4. The normalized spacial score (nSPS) is 7.40. The maximum Gasteiger partial charge on any atom is 0.0587 e. The largest absolute Gasteiger partial charge is 0.199 e. The van der Waals surface area contributed by atoms with E-state index in [9.17, 15) is 0 Å². The van der Waals surface area contributed by atoms with E-state index < -0.39 is 0 Å². The summed E-state index contributed by atoms with van der Waals surface area (Å²) in [5.74, 6) is 2.68. The third-order valence-electron chi connectivity index (χ3n) is 0.697. The summed E-state index contributed by atoms with van der Waals surface area (Å²) in [7, 11) is 0. The summed E-state index contributed by atoms with van der Waals surface area (Å²) in [5, 5.41) is 7.32. The molecule has 0 aliphatic carbocycles. The van der Waals surface area contributed by atoms with Crippen molar-refractivity contribution in [2.75, 3.05) is 11.5 Å². The van der Waals surface area contributed by atoms with Gasteiger partial charge in [-0.25, -0.2) is 0 Å². The van der Waals surface area contributed by atoms with Gasteiger partial charge in [0.05, 0.1) is 6.07 Å². The first-order valence-electron chi connectivity index (χ1n) is 3.72. The number of thioether (sulfide) groups is 1. The highest BCUT2D eigenvalue weighted by Gasteiger charge is 1.79. The Balaban J connectivity index is 0. The second-order valence-corrected chi connectivity index (χ2v) is 3.06. The van der Waals surface area contributed by atoms with Gasteiger partial charge >= 0.3 is 0 Å². The maximum atomic E-state index is 7.32. The van der Waals surface area contributed by atoms with Crippen LogP contribution in [0.1, 0.15) is 33.6 Å². The van der Waals surface area contributed by atoms with Crippen LogP contribution in [0.5, 0.6) is 0 Å². The molecular formula is C8H17NS. The first-order chi connectivity index (χ1) is 4.83. The molecule has 0 saturated carbocycles. The van der Waals surface area contributed by atoms with Gasteiger partial charge in [-0.3, -0.25) is 0 Å². The van der Waals surface area contributed by atoms with Crippen LogP contribution in [0.15, 0.2) is 0 Å². The Morgan fingerprint density at radius 1 is 1.20 bits per heavy atom. The van der Waals surface area contributed by atoms with Gasteiger partial charge in [-0.15, -0.1) is 0 Å². The summed E-state index contributed by atoms with van der Waals surface area (Å²) in [6, 6.07) is 1.75. The topological polar surface area (TPSA) is 23.8 Å². The molecule has 0 unspecified atom stereocenters. The smallest absolute Gasteiger partial charge is 0.0587 e. The van der Waals surface area contributed by atoms with Gasteiger partial charge in [-0.05, 0) is 24.3 Å². The van der Waals surface area contributed by atoms with Crippen molar-refractivity contribution < 1.29 is 0 Å². The molecule has 0 aromatic heterocycles. The molecule has 0 saturated heterocycles. The predicted molar refractivity (Wildman–Crippen MR) is 49.2 cm³/mol. The van der Waals surface area contributed by atoms with Gasteiger partial charge in [0, 0.05) is 6.92 Å². The van der Waals surface area contributed by atoms with Crippen LogP contribution in [0, 0.1) is 11.3 Å². The van der Waals surface area contributed by atoms with Gasteiger partial charge in [0.2, 0.25) is 0 Å². The highest BCUT2D eigenvalue weighted by Crippen LogP contribution is 2.02. The van der Waals surface area contributed by atoms with Crippen LogP contribution in [0.4, 0.5) is 0 Å². The first-order valence-corrected chi connectivity index (χ1v) is 4.87. The molecule has 1 nitrogen and oxygen atoms in total. The lowest BCUT2D eigenvalue weighted by Crippen LogP contribution is -1.76. The van der Waals surface area contributed by atoms with Gasteiger partial charge in [0.1, 0.15) is 0 Å². The molecule has 0 fully saturated rings.